The average molecular weight is 375 g/mol. The third-order valence-corrected chi connectivity index (χ3v) is 4.06. The van der Waals surface area contributed by atoms with Crippen molar-refractivity contribution < 1.29 is 30.9 Å². The Hall–Kier alpha value is -1.14. The molecule has 0 aromatic carbocycles. The van der Waals surface area contributed by atoms with E-state index in [1.807, 2.05) is 0 Å². The fourth-order valence-electron chi connectivity index (χ4n) is 2.52. The van der Waals surface area contributed by atoms with Crippen molar-refractivity contribution in [1.29, 1.82) is 0 Å². The Morgan fingerprint density at radius 3 is 1.62 bits per heavy atom. The van der Waals surface area contributed by atoms with E-state index in [4.69, 9.17) is 0 Å². The standard InChI is InChI=1S/C10H24N2.C10H18O4/c1-10(2)9-12-8-6-4-3-5-7-11;11-9(12)7-5-3-1-2-4-6-8-10(13)14/h10,12H,3-9,11H2,1-2H3;1-8H2,(H,11,12)(H,13,14). The summed E-state index contributed by atoms with van der Waals surface area (Å²) in [4.78, 5) is 20.1. The molecule has 0 aromatic rings. The molecule has 0 unspecified atom stereocenters. The van der Waals surface area contributed by atoms with Crippen LogP contribution >= 0.6 is 0 Å². The van der Waals surface area contributed by atoms with Crippen molar-refractivity contribution in [3.8, 4) is 0 Å². The van der Waals surface area contributed by atoms with Crippen molar-refractivity contribution in [1.82, 2.24) is 0 Å². The molecule has 0 spiro atoms. The number of hydrogen-bond acceptors (Lipinski definition) is 4. The van der Waals surface area contributed by atoms with E-state index in [-0.39, 0.29) is 12.8 Å². The molecule has 0 saturated carbocycles. The largest absolute Gasteiger partial charge is 0.550 e. The molecule has 0 bridgehead atoms. The fourth-order valence-corrected chi connectivity index (χ4v) is 2.52. The second-order valence-corrected chi connectivity index (χ2v) is 7.34. The number of carboxylic acids is 2. The molecule has 0 aliphatic carbocycles. The predicted molar refractivity (Wildman–Crippen MR) is 99.7 cm³/mol. The predicted octanol–water partition coefficient (Wildman–Crippen LogP) is -0.385. The number of quaternary nitrogens is 2. The van der Waals surface area contributed by atoms with Crippen molar-refractivity contribution >= 4 is 11.9 Å². The van der Waals surface area contributed by atoms with Gasteiger partial charge in [-0.05, 0) is 51.4 Å². The van der Waals surface area contributed by atoms with Gasteiger partial charge in [0.2, 0.25) is 0 Å². The molecular formula is C20H42N2O4. The zero-order valence-corrected chi connectivity index (χ0v) is 17.1. The lowest BCUT2D eigenvalue weighted by atomic mass is 10.1. The van der Waals surface area contributed by atoms with E-state index in [0.29, 0.717) is 12.8 Å². The molecule has 0 rings (SSSR count). The van der Waals surface area contributed by atoms with Crippen LogP contribution in [0.25, 0.3) is 0 Å². The summed E-state index contributed by atoms with van der Waals surface area (Å²) >= 11 is 0. The van der Waals surface area contributed by atoms with Crippen molar-refractivity contribution in [2.24, 2.45) is 5.92 Å². The Morgan fingerprint density at radius 2 is 1.19 bits per heavy atom. The van der Waals surface area contributed by atoms with Crippen molar-refractivity contribution in [2.75, 3.05) is 19.6 Å². The Balaban J connectivity index is 0. The van der Waals surface area contributed by atoms with Gasteiger partial charge >= 0.3 is 0 Å². The fraction of sp³-hybridized carbons (Fsp3) is 0.900. The maximum absolute atomic E-state index is 10.0. The van der Waals surface area contributed by atoms with Crippen LogP contribution < -0.4 is 21.3 Å². The quantitative estimate of drug-likeness (QED) is 0.337. The third-order valence-electron chi connectivity index (χ3n) is 4.06. The second-order valence-electron chi connectivity index (χ2n) is 7.34. The first-order valence-corrected chi connectivity index (χ1v) is 10.4. The number of unbranched alkanes of at least 4 members (excludes halogenated alkanes) is 8. The van der Waals surface area contributed by atoms with Crippen LogP contribution in [-0.2, 0) is 9.59 Å². The highest BCUT2D eigenvalue weighted by atomic mass is 16.4. The normalized spacial score (nSPS) is 10.5. The third kappa shape index (κ3) is 30.7. The van der Waals surface area contributed by atoms with Gasteiger partial charge in [0.25, 0.3) is 0 Å². The Morgan fingerprint density at radius 1 is 0.769 bits per heavy atom. The van der Waals surface area contributed by atoms with Crippen LogP contribution in [-0.4, -0.2) is 31.6 Å². The molecule has 0 atom stereocenters. The number of nitrogens with two attached hydrogens (primary N) is 1. The van der Waals surface area contributed by atoms with Gasteiger partial charge in [0.05, 0.1) is 19.6 Å². The molecule has 0 fully saturated rings. The van der Waals surface area contributed by atoms with Crippen LogP contribution in [0.3, 0.4) is 0 Å². The topological polar surface area (TPSA) is 125 Å². The first-order chi connectivity index (χ1) is 12.4. The highest BCUT2D eigenvalue weighted by Crippen LogP contribution is 2.07. The zero-order chi connectivity index (χ0) is 20.0. The van der Waals surface area contributed by atoms with Gasteiger partial charge in [0, 0.05) is 17.9 Å². The van der Waals surface area contributed by atoms with Crippen LogP contribution in [0, 0.1) is 5.92 Å². The van der Waals surface area contributed by atoms with Gasteiger partial charge in [0.1, 0.15) is 0 Å². The highest BCUT2D eigenvalue weighted by molar-refractivity contribution is 5.64. The number of carbonyl (C=O) groups is 2. The molecule has 156 valence electrons. The molecule has 26 heavy (non-hydrogen) atoms. The first-order valence-electron chi connectivity index (χ1n) is 10.4. The van der Waals surface area contributed by atoms with Gasteiger partial charge < -0.3 is 30.9 Å². The van der Waals surface area contributed by atoms with Gasteiger partial charge in [-0.25, -0.2) is 0 Å². The number of aliphatic carboxylic acids is 2. The van der Waals surface area contributed by atoms with Crippen molar-refractivity contribution in [3.05, 3.63) is 0 Å². The van der Waals surface area contributed by atoms with Crippen molar-refractivity contribution in [3.63, 3.8) is 0 Å². The lowest BCUT2D eigenvalue weighted by Gasteiger charge is -2.03. The van der Waals surface area contributed by atoms with Crippen LogP contribution in [0.1, 0.15) is 90.9 Å². The SMILES string of the molecule is CC(C)C[NH2+]CCCCCC[NH3+].O=C([O-])CCCCCCCCC(=O)[O-]. The van der Waals surface area contributed by atoms with Gasteiger partial charge in [-0.3, -0.25) is 0 Å². The average Bonchev–Trinajstić information content (AvgIpc) is 2.56. The Kier molecular flexibility index (Phi) is 22.8. The monoisotopic (exact) mass is 374 g/mol. The molecule has 0 amide bonds. The van der Waals surface area contributed by atoms with Gasteiger partial charge in [0.15, 0.2) is 0 Å². The van der Waals surface area contributed by atoms with Gasteiger partial charge in [-0.2, -0.15) is 0 Å². The van der Waals surface area contributed by atoms with Gasteiger partial charge in [-0.1, -0.05) is 39.5 Å². The van der Waals surface area contributed by atoms with E-state index >= 15 is 0 Å². The summed E-state index contributed by atoms with van der Waals surface area (Å²) in [5.41, 5.74) is 3.84. The van der Waals surface area contributed by atoms with E-state index < -0.39 is 11.9 Å². The molecule has 5 N–H and O–H groups in total. The lowest BCUT2D eigenvalue weighted by molar-refractivity contribution is -0.659. The molecule has 0 radical (unpaired) electrons. The molecule has 0 aliphatic rings. The summed E-state index contributed by atoms with van der Waals surface area (Å²) in [7, 11) is 0. The number of carbonyl (C=O) groups excluding carboxylic acids is 2. The maximum Gasteiger partial charge on any atom is 0.0778 e. The minimum atomic E-state index is -0.998. The van der Waals surface area contributed by atoms with E-state index in [9.17, 15) is 19.8 Å². The van der Waals surface area contributed by atoms with Crippen molar-refractivity contribution in [2.45, 2.75) is 90.9 Å². The van der Waals surface area contributed by atoms with Gasteiger partial charge in [-0.15, -0.1) is 0 Å². The summed E-state index contributed by atoms with van der Waals surface area (Å²) in [6, 6.07) is 0. The number of carboxylic acid groups (broad SMARTS) is 2. The summed E-state index contributed by atoms with van der Waals surface area (Å²) in [5.74, 6) is -1.16. The highest BCUT2D eigenvalue weighted by Gasteiger charge is 1.96. The summed E-state index contributed by atoms with van der Waals surface area (Å²) in [5, 5.41) is 22.5. The van der Waals surface area contributed by atoms with Crippen LogP contribution in [0.15, 0.2) is 0 Å². The smallest absolute Gasteiger partial charge is 0.0778 e. The van der Waals surface area contributed by atoms with Crippen LogP contribution in [0.4, 0.5) is 0 Å². The summed E-state index contributed by atoms with van der Waals surface area (Å²) in [6.07, 6.45) is 10.7. The molecule has 6 nitrogen and oxygen atoms in total. The molecule has 0 aromatic heterocycles. The van der Waals surface area contributed by atoms with Crippen LogP contribution in [0.2, 0.25) is 0 Å². The summed E-state index contributed by atoms with van der Waals surface area (Å²) in [6.45, 7) is 8.26. The number of hydrogen-bond donors (Lipinski definition) is 2. The summed E-state index contributed by atoms with van der Waals surface area (Å²) < 4.78 is 0. The molecule has 0 saturated heterocycles. The second kappa shape index (κ2) is 21.9. The van der Waals surface area contributed by atoms with Crippen LogP contribution in [0.5, 0.6) is 0 Å². The molecule has 6 heteroatoms. The first kappa shape index (κ1) is 27.1. The zero-order valence-electron chi connectivity index (χ0n) is 17.1. The maximum atomic E-state index is 10.0. The Labute approximate surface area is 159 Å². The minimum absolute atomic E-state index is 0.124. The van der Waals surface area contributed by atoms with E-state index in [1.165, 1.54) is 38.8 Å². The molecule has 0 aliphatic heterocycles. The molecule has 0 heterocycles. The van der Waals surface area contributed by atoms with E-state index in [2.05, 4.69) is 24.9 Å². The molecular weight excluding hydrogens is 332 g/mol. The number of rotatable bonds is 17. The minimum Gasteiger partial charge on any atom is -0.550 e. The van der Waals surface area contributed by atoms with E-state index in [0.717, 1.165) is 38.1 Å². The Bertz CT molecular complexity index is 303. The van der Waals surface area contributed by atoms with E-state index in [1.54, 1.807) is 0 Å². The lowest BCUT2D eigenvalue weighted by Crippen LogP contribution is -2.85.